The number of carbonyl (C=O) groups is 2. The molecule has 0 bridgehead atoms. The minimum Gasteiger partial charge on any atom is -0.382 e. The van der Waals surface area contributed by atoms with Crippen LogP contribution < -0.4 is 5.73 Å². The molecule has 0 aliphatic carbocycles. The molecule has 7 nitrogen and oxygen atoms in total. The summed E-state index contributed by atoms with van der Waals surface area (Å²) in [5, 5.41) is 0. The lowest BCUT2D eigenvalue weighted by Gasteiger charge is -2.36. The number of aliphatic imine (C=N–C) groups is 1. The van der Waals surface area contributed by atoms with Crippen LogP contribution in [0.3, 0.4) is 0 Å². The lowest BCUT2D eigenvalue weighted by Crippen LogP contribution is -2.34. The summed E-state index contributed by atoms with van der Waals surface area (Å²) in [6, 6.07) is 8.10. The molecule has 1 aliphatic heterocycles. The quantitative estimate of drug-likeness (QED) is 0.143. The van der Waals surface area contributed by atoms with Crippen LogP contribution in [-0.4, -0.2) is 45.9 Å². The molecular weight excluding hydrogens is 724 g/mol. The van der Waals surface area contributed by atoms with Gasteiger partial charge in [0.05, 0.1) is 11.3 Å². The standard InChI is InChI=1S/C36H56N4O2.C9H10F3N.C2H6/c1-10-13-32-23-30(24-41)15-17-33(32)34(27(7)11-2)35-36(37)38-19-21-40(35)28(8)31(22-25(4)5)16-14-26(6)18-20-39(12-3)29(9)42;1-2-3-8-6-7(4-5-13-8)9(10,11)12;1-2/h15,17,19,21,23-27,31H,8,10-14,16,18,20,22H2,1-7,9H3,(H2,37,38);4-6H,2-3H2,1H3;1-2H3/b35-34+;;. The highest BCUT2D eigenvalue weighted by Gasteiger charge is 2.31. The van der Waals surface area contributed by atoms with Crippen LogP contribution in [-0.2, 0) is 23.8 Å². The monoisotopic (exact) mass is 796 g/mol. The van der Waals surface area contributed by atoms with Crippen LogP contribution >= 0.6 is 0 Å². The van der Waals surface area contributed by atoms with E-state index >= 15 is 0 Å². The van der Waals surface area contributed by atoms with Gasteiger partial charge in [-0.3, -0.25) is 14.6 Å². The molecule has 1 amide bonds. The van der Waals surface area contributed by atoms with Crippen LogP contribution in [0.1, 0.15) is 154 Å². The van der Waals surface area contributed by atoms with Crippen molar-refractivity contribution in [3.05, 3.63) is 94.8 Å². The molecule has 3 atom stereocenters. The molecule has 0 radical (unpaired) electrons. The number of rotatable bonds is 19. The van der Waals surface area contributed by atoms with Gasteiger partial charge in [0.2, 0.25) is 5.91 Å². The average molecular weight is 796 g/mol. The largest absolute Gasteiger partial charge is 0.416 e. The fourth-order valence-electron chi connectivity index (χ4n) is 6.98. The van der Waals surface area contributed by atoms with Crippen molar-refractivity contribution in [3.63, 3.8) is 0 Å². The Bertz CT molecular complexity index is 1650. The highest BCUT2D eigenvalue weighted by Crippen LogP contribution is 2.39. The smallest absolute Gasteiger partial charge is 0.382 e. The molecule has 0 saturated carbocycles. The maximum Gasteiger partial charge on any atom is 0.416 e. The van der Waals surface area contributed by atoms with Crippen molar-refractivity contribution in [2.24, 2.45) is 34.4 Å². The first-order valence-electron chi connectivity index (χ1n) is 21.1. The Morgan fingerprint density at radius 3 is 2.19 bits per heavy atom. The summed E-state index contributed by atoms with van der Waals surface area (Å²) in [5.74, 6) is 2.16. The number of carbonyl (C=O) groups excluding carboxylic acids is 2. The second kappa shape index (κ2) is 25.9. The van der Waals surface area contributed by atoms with Gasteiger partial charge in [-0.1, -0.05) is 100 Å². The number of aromatic nitrogens is 1. The molecule has 3 rings (SSSR count). The molecule has 0 fully saturated rings. The lowest BCUT2D eigenvalue weighted by molar-refractivity contribution is -0.137. The normalized spacial score (nSPS) is 15.0. The number of hydrogen-bond acceptors (Lipinski definition) is 6. The van der Waals surface area contributed by atoms with Gasteiger partial charge in [-0.25, -0.2) is 4.99 Å². The number of aryl methyl sites for hydroxylation is 2. The van der Waals surface area contributed by atoms with E-state index in [0.29, 0.717) is 35.3 Å². The Morgan fingerprint density at radius 1 is 0.982 bits per heavy atom. The third kappa shape index (κ3) is 16.3. The third-order valence-electron chi connectivity index (χ3n) is 10.3. The minimum atomic E-state index is -4.26. The Labute approximate surface area is 342 Å². The van der Waals surface area contributed by atoms with E-state index in [9.17, 15) is 22.8 Å². The van der Waals surface area contributed by atoms with Crippen molar-refractivity contribution in [2.75, 3.05) is 13.1 Å². The first-order chi connectivity index (χ1) is 27.0. The summed E-state index contributed by atoms with van der Waals surface area (Å²) < 4.78 is 36.5. The fraction of sp³-hybridized carbons (Fsp3) is 0.574. The molecule has 10 heteroatoms. The topological polar surface area (TPSA) is 91.9 Å². The second-order valence-electron chi connectivity index (χ2n) is 15.2. The molecule has 3 unspecified atom stereocenters. The maximum absolute atomic E-state index is 12.2. The molecule has 1 aromatic carbocycles. The summed E-state index contributed by atoms with van der Waals surface area (Å²) in [7, 11) is 0. The number of pyridine rings is 1. The molecule has 318 valence electrons. The lowest BCUT2D eigenvalue weighted by atomic mass is 9.83. The molecule has 1 aliphatic rings. The zero-order valence-corrected chi connectivity index (χ0v) is 36.8. The number of nitrogens with zero attached hydrogens (tertiary/aromatic N) is 4. The first-order valence-corrected chi connectivity index (χ1v) is 21.1. The van der Waals surface area contributed by atoms with Gasteiger partial charge in [0.1, 0.15) is 12.1 Å². The number of hydrogen-bond donors (Lipinski definition) is 1. The van der Waals surface area contributed by atoms with Crippen molar-refractivity contribution < 1.29 is 22.8 Å². The number of aldehydes is 1. The first kappa shape index (κ1) is 50.8. The Kier molecular flexibility index (Phi) is 23.1. The molecular formula is C47H72F3N5O2. The van der Waals surface area contributed by atoms with Crippen LogP contribution in [0.2, 0.25) is 0 Å². The predicted molar refractivity (Wildman–Crippen MR) is 232 cm³/mol. The number of halogens is 3. The molecule has 57 heavy (non-hydrogen) atoms. The van der Waals surface area contributed by atoms with E-state index in [1.54, 1.807) is 13.1 Å². The number of benzene rings is 1. The number of nitrogens with two attached hydrogens (primary N) is 1. The number of allylic oxidation sites excluding steroid dienone is 2. The van der Waals surface area contributed by atoms with Gasteiger partial charge in [0.15, 0.2) is 0 Å². The van der Waals surface area contributed by atoms with Gasteiger partial charge in [-0.2, -0.15) is 13.2 Å². The van der Waals surface area contributed by atoms with Crippen LogP contribution in [0, 0.1) is 23.7 Å². The van der Waals surface area contributed by atoms with Gasteiger partial charge in [-0.15, -0.1) is 0 Å². The van der Waals surface area contributed by atoms with E-state index in [0.717, 1.165) is 111 Å². The Hall–Kier alpha value is -4.21. The molecule has 2 N–H and O–H groups in total. The zero-order chi connectivity index (χ0) is 43.3. The summed E-state index contributed by atoms with van der Waals surface area (Å²) in [6.45, 7) is 29.3. The van der Waals surface area contributed by atoms with Crippen molar-refractivity contribution in [3.8, 4) is 0 Å². The Balaban J connectivity index is 0.000000906. The van der Waals surface area contributed by atoms with Gasteiger partial charge < -0.3 is 15.5 Å². The van der Waals surface area contributed by atoms with Crippen molar-refractivity contribution in [1.29, 1.82) is 0 Å². The highest BCUT2D eigenvalue weighted by atomic mass is 19.4. The van der Waals surface area contributed by atoms with Crippen molar-refractivity contribution in [1.82, 2.24) is 14.8 Å². The summed E-state index contributed by atoms with van der Waals surface area (Å²) >= 11 is 0. The van der Waals surface area contributed by atoms with Gasteiger partial charge in [0, 0.05) is 55.6 Å². The Morgan fingerprint density at radius 2 is 1.65 bits per heavy atom. The van der Waals surface area contributed by atoms with E-state index in [1.807, 2.05) is 50.9 Å². The van der Waals surface area contributed by atoms with Gasteiger partial charge >= 0.3 is 6.18 Å². The summed E-state index contributed by atoms with van der Waals surface area (Å²) in [4.78, 5) is 36.0. The van der Waals surface area contributed by atoms with E-state index in [2.05, 4.69) is 69.1 Å². The van der Waals surface area contributed by atoms with E-state index in [-0.39, 0.29) is 17.7 Å². The van der Waals surface area contributed by atoms with Crippen LogP contribution in [0.15, 0.2) is 71.9 Å². The maximum atomic E-state index is 12.2. The fourth-order valence-corrected chi connectivity index (χ4v) is 6.98. The average Bonchev–Trinajstić information content (AvgIpc) is 3.18. The number of amidine groups is 1. The van der Waals surface area contributed by atoms with Crippen LogP contribution in [0.5, 0.6) is 0 Å². The number of alkyl halides is 3. The van der Waals surface area contributed by atoms with E-state index < -0.39 is 11.7 Å². The van der Waals surface area contributed by atoms with Gasteiger partial charge in [-0.05, 0) is 104 Å². The van der Waals surface area contributed by atoms with Crippen LogP contribution in [0.25, 0.3) is 5.57 Å². The van der Waals surface area contributed by atoms with Crippen LogP contribution in [0.4, 0.5) is 13.2 Å². The third-order valence-corrected chi connectivity index (χ3v) is 10.3. The van der Waals surface area contributed by atoms with Crippen molar-refractivity contribution in [2.45, 2.75) is 140 Å². The van der Waals surface area contributed by atoms with E-state index in [1.165, 1.54) is 6.20 Å². The van der Waals surface area contributed by atoms with Crippen molar-refractivity contribution >= 4 is 23.6 Å². The predicted octanol–water partition coefficient (Wildman–Crippen LogP) is 12.3. The van der Waals surface area contributed by atoms with E-state index in [4.69, 9.17) is 5.73 Å². The van der Waals surface area contributed by atoms with Gasteiger partial charge in [0.25, 0.3) is 0 Å². The zero-order valence-electron chi connectivity index (χ0n) is 36.8. The molecule has 2 heterocycles. The molecule has 0 saturated heterocycles. The molecule has 0 spiro atoms. The second-order valence-corrected chi connectivity index (χ2v) is 15.2. The molecule has 1 aromatic heterocycles. The summed E-state index contributed by atoms with van der Waals surface area (Å²) in [6.07, 6.45) is 9.96. The minimum absolute atomic E-state index is 0.145. The summed E-state index contributed by atoms with van der Waals surface area (Å²) in [5.41, 5.74) is 12.7. The highest BCUT2D eigenvalue weighted by molar-refractivity contribution is 6.05. The number of amides is 1. The SMILES string of the molecule is C=C(C(CCC(C)CCN(CC)C(C)=O)CC(C)C)N1C=CN=C(N)/C1=C(\c1ccc(C=O)cc1CCC)C(C)CC.CC.CCCc1cc(C(F)(F)F)ccn1. The molecule has 2 aromatic rings.